The Morgan fingerprint density at radius 1 is 1.47 bits per heavy atom. The summed E-state index contributed by atoms with van der Waals surface area (Å²) < 4.78 is 0.883. The van der Waals surface area contributed by atoms with Crippen LogP contribution in [-0.2, 0) is 0 Å². The van der Waals surface area contributed by atoms with Gasteiger partial charge in [-0.2, -0.15) is 0 Å². The first-order chi connectivity index (χ1) is 7.15. The van der Waals surface area contributed by atoms with Crippen LogP contribution >= 0.6 is 15.9 Å². The minimum Gasteiger partial charge on any atom is -0.381 e. The second kappa shape index (κ2) is 4.49. The first-order valence-corrected chi connectivity index (χ1v) is 6.09. The molecule has 2 unspecified atom stereocenters. The molecule has 1 saturated carbocycles. The Hall–Kier alpha value is -0.610. The van der Waals surface area contributed by atoms with Crippen molar-refractivity contribution in [1.29, 1.82) is 0 Å². The normalized spacial score (nSPS) is 25.5. The lowest BCUT2D eigenvalue weighted by molar-refractivity contribution is 0.687. The van der Waals surface area contributed by atoms with Gasteiger partial charge in [0, 0.05) is 12.1 Å². The third-order valence-corrected chi connectivity index (χ3v) is 3.33. The van der Waals surface area contributed by atoms with E-state index in [2.05, 4.69) is 32.3 Å². The van der Waals surface area contributed by atoms with Gasteiger partial charge in [-0.1, -0.05) is 0 Å². The molecule has 1 aliphatic carbocycles. The van der Waals surface area contributed by atoms with Crippen LogP contribution in [0.3, 0.4) is 0 Å². The van der Waals surface area contributed by atoms with Crippen molar-refractivity contribution in [3.63, 3.8) is 0 Å². The SMILES string of the molecule is Cc1nc(Br)ccc1NC1CCC(N)C1. The molecule has 0 aliphatic heterocycles. The van der Waals surface area contributed by atoms with E-state index < -0.39 is 0 Å². The lowest BCUT2D eigenvalue weighted by atomic mass is 10.2. The molecule has 1 fully saturated rings. The Kier molecular flexibility index (Phi) is 3.26. The van der Waals surface area contributed by atoms with Gasteiger partial charge in [-0.05, 0) is 54.2 Å². The van der Waals surface area contributed by atoms with Crippen molar-refractivity contribution >= 4 is 21.6 Å². The number of hydrogen-bond donors (Lipinski definition) is 2. The molecule has 0 amide bonds. The molecule has 3 nitrogen and oxygen atoms in total. The zero-order valence-corrected chi connectivity index (χ0v) is 10.4. The topological polar surface area (TPSA) is 50.9 Å². The predicted molar refractivity (Wildman–Crippen MR) is 65.9 cm³/mol. The van der Waals surface area contributed by atoms with Crippen molar-refractivity contribution in [3.05, 3.63) is 22.4 Å². The minimum atomic E-state index is 0.367. The molecule has 1 aromatic heterocycles. The lowest BCUT2D eigenvalue weighted by Crippen LogP contribution is -2.21. The van der Waals surface area contributed by atoms with E-state index in [4.69, 9.17) is 5.73 Å². The highest BCUT2D eigenvalue weighted by atomic mass is 79.9. The zero-order chi connectivity index (χ0) is 10.8. The van der Waals surface area contributed by atoms with Crippen molar-refractivity contribution < 1.29 is 0 Å². The van der Waals surface area contributed by atoms with Crippen molar-refractivity contribution in [2.24, 2.45) is 5.73 Å². The number of anilines is 1. The number of aromatic nitrogens is 1. The smallest absolute Gasteiger partial charge is 0.106 e. The van der Waals surface area contributed by atoms with E-state index in [1.807, 2.05) is 13.0 Å². The van der Waals surface area contributed by atoms with Crippen LogP contribution < -0.4 is 11.1 Å². The molecule has 0 spiro atoms. The second-order valence-corrected chi connectivity index (χ2v) is 4.99. The fourth-order valence-corrected chi connectivity index (χ4v) is 2.45. The van der Waals surface area contributed by atoms with E-state index in [-0.39, 0.29) is 0 Å². The molecular weight excluding hydrogens is 254 g/mol. The summed E-state index contributed by atoms with van der Waals surface area (Å²) in [6, 6.07) is 4.91. The molecule has 3 N–H and O–H groups in total. The monoisotopic (exact) mass is 269 g/mol. The maximum atomic E-state index is 5.88. The van der Waals surface area contributed by atoms with Crippen LogP contribution in [0, 0.1) is 6.92 Å². The fourth-order valence-electron chi connectivity index (χ4n) is 2.05. The number of hydrogen-bond acceptors (Lipinski definition) is 3. The van der Waals surface area contributed by atoms with Gasteiger partial charge in [0.25, 0.3) is 0 Å². The van der Waals surface area contributed by atoms with Crippen LogP contribution in [0.5, 0.6) is 0 Å². The molecule has 82 valence electrons. The van der Waals surface area contributed by atoms with E-state index in [1.54, 1.807) is 0 Å². The number of rotatable bonds is 2. The highest BCUT2D eigenvalue weighted by molar-refractivity contribution is 9.10. The standard InChI is InChI=1S/C11H16BrN3/c1-7-10(4-5-11(12)14-7)15-9-3-2-8(13)6-9/h4-5,8-9,15H,2-3,6,13H2,1H3. The summed E-state index contributed by atoms with van der Waals surface area (Å²) in [4.78, 5) is 4.36. The van der Waals surface area contributed by atoms with Gasteiger partial charge in [-0.15, -0.1) is 0 Å². The largest absolute Gasteiger partial charge is 0.381 e. The Bertz CT molecular complexity index is 354. The van der Waals surface area contributed by atoms with E-state index in [1.165, 1.54) is 0 Å². The van der Waals surface area contributed by atoms with E-state index in [9.17, 15) is 0 Å². The Morgan fingerprint density at radius 2 is 2.27 bits per heavy atom. The average molecular weight is 270 g/mol. The molecule has 0 bridgehead atoms. The van der Waals surface area contributed by atoms with Crippen LogP contribution in [0.2, 0.25) is 0 Å². The maximum Gasteiger partial charge on any atom is 0.106 e. The van der Waals surface area contributed by atoms with Crippen molar-refractivity contribution in [2.45, 2.75) is 38.3 Å². The highest BCUT2D eigenvalue weighted by Crippen LogP contribution is 2.23. The van der Waals surface area contributed by atoms with Crippen LogP contribution in [0.4, 0.5) is 5.69 Å². The van der Waals surface area contributed by atoms with Crippen molar-refractivity contribution in [2.75, 3.05) is 5.32 Å². The molecule has 4 heteroatoms. The summed E-state index contributed by atoms with van der Waals surface area (Å²) >= 11 is 3.36. The summed E-state index contributed by atoms with van der Waals surface area (Å²) in [5, 5.41) is 3.50. The molecule has 1 heterocycles. The van der Waals surface area contributed by atoms with Gasteiger partial charge < -0.3 is 11.1 Å². The van der Waals surface area contributed by atoms with E-state index in [0.29, 0.717) is 12.1 Å². The second-order valence-electron chi connectivity index (χ2n) is 4.18. The molecule has 1 aromatic rings. The fraction of sp³-hybridized carbons (Fsp3) is 0.545. The Balaban J connectivity index is 2.04. The van der Waals surface area contributed by atoms with Gasteiger partial charge in [0.1, 0.15) is 4.60 Å². The Morgan fingerprint density at radius 3 is 2.87 bits per heavy atom. The van der Waals surface area contributed by atoms with Gasteiger partial charge in [0.05, 0.1) is 11.4 Å². The molecule has 0 aromatic carbocycles. The first kappa shape index (κ1) is 10.9. The summed E-state index contributed by atoms with van der Waals surface area (Å²) in [6.45, 7) is 2.02. The lowest BCUT2D eigenvalue weighted by Gasteiger charge is -2.15. The molecular formula is C11H16BrN3. The number of nitrogens with two attached hydrogens (primary N) is 1. The molecule has 2 rings (SSSR count). The molecule has 1 aliphatic rings. The summed E-state index contributed by atoms with van der Waals surface area (Å²) in [5.74, 6) is 0. The predicted octanol–water partition coefficient (Wildman–Crippen LogP) is 2.44. The summed E-state index contributed by atoms with van der Waals surface area (Å²) in [5.41, 5.74) is 8.03. The van der Waals surface area contributed by atoms with Gasteiger partial charge in [-0.25, -0.2) is 4.98 Å². The van der Waals surface area contributed by atoms with Crippen LogP contribution in [0.15, 0.2) is 16.7 Å². The van der Waals surface area contributed by atoms with Crippen LogP contribution in [-0.4, -0.2) is 17.1 Å². The highest BCUT2D eigenvalue weighted by Gasteiger charge is 2.21. The number of nitrogens with one attached hydrogen (secondary N) is 1. The van der Waals surface area contributed by atoms with Gasteiger partial charge in [0.2, 0.25) is 0 Å². The molecule has 0 radical (unpaired) electrons. The minimum absolute atomic E-state index is 0.367. The maximum absolute atomic E-state index is 5.88. The zero-order valence-electron chi connectivity index (χ0n) is 8.83. The first-order valence-electron chi connectivity index (χ1n) is 5.30. The van der Waals surface area contributed by atoms with Gasteiger partial charge >= 0.3 is 0 Å². The van der Waals surface area contributed by atoms with Crippen LogP contribution in [0.1, 0.15) is 25.0 Å². The van der Waals surface area contributed by atoms with Crippen molar-refractivity contribution in [1.82, 2.24) is 4.98 Å². The number of halogens is 1. The van der Waals surface area contributed by atoms with E-state index in [0.717, 1.165) is 35.2 Å². The molecule has 0 saturated heterocycles. The number of aryl methyl sites for hydroxylation is 1. The van der Waals surface area contributed by atoms with Gasteiger partial charge in [-0.3, -0.25) is 0 Å². The van der Waals surface area contributed by atoms with Crippen LogP contribution in [0.25, 0.3) is 0 Å². The quantitative estimate of drug-likeness (QED) is 0.811. The number of nitrogens with zero attached hydrogens (tertiary/aromatic N) is 1. The third kappa shape index (κ3) is 2.69. The van der Waals surface area contributed by atoms with E-state index >= 15 is 0 Å². The van der Waals surface area contributed by atoms with Crippen molar-refractivity contribution in [3.8, 4) is 0 Å². The summed E-state index contributed by atoms with van der Waals surface area (Å²) in [6.07, 6.45) is 3.35. The Labute approximate surface area is 98.6 Å². The van der Waals surface area contributed by atoms with Gasteiger partial charge in [0.15, 0.2) is 0 Å². The third-order valence-electron chi connectivity index (χ3n) is 2.88. The summed E-state index contributed by atoms with van der Waals surface area (Å²) in [7, 11) is 0. The molecule has 15 heavy (non-hydrogen) atoms. The molecule has 2 atom stereocenters. The average Bonchev–Trinajstić information content (AvgIpc) is 2.56. The number of pyridine rings is 1.